The molecule has 0 radical (unpaired) electrons. The van der Waals surface area contributed by atoms with Crippen molar-refractivity contribution in [1.82, 2.24) is 10.5 Å². The van der Waals surface area contributed by atoms with Gasteiger partial charge in [-0.25, -0.2) is 0 Å². The van der Waals surface area contributed by atoms with Gasteiger partial charge in [-0.1, -0.05) is 79.0 Å². The third-order valence-corrected chi connectivity index (χ3v) is 5.70. The summed E-state index contributed by atoms with van der Waals surface area (Å²) in [5, 5.41) is 7.87. The predicted octanol–water partition coefficient (Wildman–Crippen LogP) is 5.99. The Morgan fingerprint density at radius 2 is 1.56 bits per heavy atom. The van der Waals surface area contributed by atoms with E-state index in [0.29, 0.717) is 0 Å². The fourth-order valence-corrected chi connectivity index (χ4v) is 4.06. The van der Waals surface area contributed by atoms with Crippen LogP contribution in [0.15, 0.2) is 59.1 Å². The fraction of sp³-hybridized carbons (Fsp3) is 0.375. The van der Waals surface area contributed by atoms with Gasteiger partial charge < -0.3 is 9.84 Å². The monoisotopic (exact) mass is 360 g/mol. The highest BCUT2D eigenvalue weighted by molar-refractivity contribution is 5.69. The van der Waals surface area contributed by atoms with Crippen LogP contribution in [-0.2, 0) is 6.54 Å². The zero-order chi connectivity index (χ0) is 18.5. The van der Waals surface area contributed by atoms with Crippen LogP contribution in [0.3, 0.4) is 0 Å². The highest BCUT2D eigenvalue weighted by Crippen LogP contribution is 2.29. The van der Waals surface area contributed by atoms with Crippen molar-refractivity contribution in [2.24, 2.45) is 5.92 Å². The van der Waals surface area contributed by atoms with Gasteiger partial charge in [-0.2, -0.15) is 0 Å². The maximum absolute atomic E-state index is 5.68. The molecule has 1 saturated carbocycles. The summed E-state index contributed by atoms with van der Waals surface area (Å²) in [4.78, 5) is 0. The van der Waals surface area contributed by atoms with Crippen LogP contribution in [0.25, 0.3) is 22.5 Å². The topological polar surface area (TPSA) is 38.1 Å². The van der Waals surface area contributed by atoms with E-state index in [9.17, 15) is 0 Å². The van der Waals surface area contributed by atoms with Crippen molar-refractivity contribution in [3.05, 3.63) is 65.9 Å². The van der Waals surface area contributed by atoms with Gasteiger partial charge in [0.15, 0.2) is 5.76 Å². The van der Waals surface area contributed by atoms with E-state index < -0.39 is 0 Å². The second-order valence-corrected chi connectivity index (χ2v) is 7.65. The van der Waals surface area contributed by atoms with E-state index in [4.69, 9.17) is 4.52 Å². The molecule has 0 saturated heterocycles. The van der Waals surface area contributed by atoms with Gasteiger partial charge in [-0.15, -0.1) is 0 Å². The minimum atomic E-state index is 0.821. The van der Waals surface area contributed by atoms with Gasteiger partial charge in [-0.3, -0.25) is 0 Å². The SMILES string of the molecule is Cc1noc(-c2ccc(-c3ccccc3)cc2)c1CNCC1CCCCC1. The molecule has 140 valence electrons. The minimum absolute atomic E-state index is 0.821. The molecular weight excluding hydrogens is 332 g/mol. The Kier molecular flexibility index (Phi) is 5.69. The molecule has 0 amide bonds. The van der Waals surface area contributed by atoms with Crippen molar-refractivity contribution >= 4 is 0 Å². The first-order chi connectivity index (χ1) is 13.3. The maximum atomic E-state index is 5.68. The Bertz CT molecular complexity index is 846. The molecule has 1 fully saturated rings. The molecule has 0 unspecified atom stereocenters. The van der Waals surface area contributed by atoms with Crippen LogP contribution < -0.4 is 5.32 Å². The molecular formula is C24H28N2O. The number of benzene rings is 2. The first-order valence-corrected chi connectivity index (χ1v) is 10.1. The van der Waals surface area contributed by atoms with Crippen LogP contribution in [0, 0.1) is 12.8 Å². The average Bonchev–Trinajstić information content (AvgIpc) is 3.10. The molecule has 0 atom stereocenters. The van der Waals surface area contributed by atoms with Crippen LogP contribution in [0.2, 0.25) is 0 Å². The smallest absolute Gasteiger partial charge is 0.171 e. The lowest BCUT2D eigenvalue weighted by molar-refractivity contribution is 0.342. The van der Waals surface area contributed by atoms with Gasteiger partial charge in [0.05, 0.1) is 5.69 Å². The third kappa shape index (κ3) is 4.30. The second-order valence-electron chi connectivity index (χ2n) is 7.65. The summed E-state index contributed by atoms with van der Waals surface area (Å²) in [6.45, 7) is 3.95. The molecule has 4 rings (SSSR count). The number of hydrogen-bond acceptors (Lipinski definition) is 3. The lowest BCUT2D eigenvalue weighted by Crippen LogP contribution is -2.24. The largest absolute Gasteiger partial charge is 0.356 e. The number of hydrogen-bond donors (Lipinski definition) is 1. The van der Waals surface area contributed by atoms with E-state index in [1.807, 2.05) is 13.0 Å². The summed E-state index contributed by atoms with van der Waals surface area (Å²) in [5.74, 6) is 1.72. The van der Waals surface area contributed by atoms with Gasteiger partial charge >= 0.3 is 0 Å². The molecule has 0 bridgehead atoms. The molecule has 1 N–H and O–H groups in total. The van der Waals surface area contributed by atoms with Gasteiger partial charge in [0.2, 0.25) is 0 Å². The summed E-state index contributed by atoms with van der Waals surface area (Å²) >= 11 is 0. The molecule has 1 aromatic heterocycles. The van der Waals surface area contributed by atoms with Crippen LogP contribution >= 0.6 is 0 Å². The van der Waals surface area contributed by atoms with Crippen LogP contribution in [-0.4, -0.2) is 11.7 Å². The first kappa shape index (κ1) is 18.0. The van der Waals surface area contributed by atoms with Crippen molar-refractivity contribution in [3.8, 4) is 22.5 Å². The Labute approximate surface area is 161 Å². The van der Waals surface area contributed by atoms with Crippen molar-refractivity contribution in [1.29, 1.82) is 0 Å². The standard InChI is InChI=1S/C24H28N2O/c1-18-23(17-25-16-19-8-4-2-5-9-19)24(27-26-18)22-14-12-21(13-15-22)20-10-6-3-7-11-20/h3,6-7,10-15,19,25H,2,4-5,8-9,16-17H2,1H3. The molecule has 0 aliphatic heterocycles. The minimum Gasteiger partial charge on any atom is -0.356 e. The average molecular weight is 361 g/mol. The molecule has 3 heteroatoms. The Balaban J connectivity index is 1.46. The van der Waals surface area contributed by atoms with E-state index in [0.717, 1.165) is 36.0 Å². The van der Waals surface area contributed by atoms with Crippen molar-refractivity contribution in [2.75, 3.05) is 6.54 Å². The fourth-order valence-electron chi connectivity index (χ4n) is 4.06. The molecule has 3 aromatic rings. The van der Waals surface area contributed by atoms with Gasteiger partial charge in [0.1, 0.15) is 0 Å². The summed E-state index contributed by atoms with van der Waals surface area (Å²) in [6.07, 6.45) is 6.91. The number of aryl methyl sites for hydroxylation is 1. The molecule has 1 heterocycles. The van der Waals surface area contributed by atoms with E-state index in [-0.39, 0.29) is 0 Å². The molecule has 27 heavy (non-hydrogen) atoms. The lowest BCUT2D eigenvalue weighted by Gasteiger charge is -2.21. The summed E-state index contributed by atoms with van der Waals surface area (Å²) < 4.78 is 5.68. The van der Waals surface area contributed by atoms with E-state index in [2.05, 4.69) is 59.0 Å². The van der Waals surface area contributed by atoms with Crippen LogP contribution in [0.4, 0.5) is 0 Å². The summed E-state index contributed by atoms with van der Waals surface area (Å²) in [6, 6.07) is 19.0. The van der Waals surface area contributed by atoms with Crippen molar-refractivity contribution in [2.45, 2.75) is 45.6 Å². The van der Waals surface area contributed by atoms with Crippen LogP contribution in [0.1, 0.15) is 43.4 Å². The zero-order valence-electron chi connectivity index (χ0n) is 16.1. The Morgan fingerprint density at radius 1 is 0.889 bits per heavy atom. The van der Waals surface area contributed by atoms with Gasteiger partial charge in [0, 0.05) is 17.7 Å². The van der Waals surface area contributed by atoms with E-state index in [1.165, 1.54) is 48.8 Å². The first-order valence-electron chi connectivity index (χ1n) is 10.1. The lowest BCUT2D eigenvalue weighted by atomic mass is 9.89. The van der Waals surface area contributed by atoms with E-state index in [1.54, 1.807) is 0 Å². The molecule has 1 aliphatic carbocycles. The van der Waals surface area contributed by atoms with Crippen molar-refractivity contribution in [3.63, 3.8) is 0 Å². The number of rotatable bonds is 6. The third-order valence-electron chi connectivity index (χ3n) is 5.70. The van der Waals surface area contributed by atoms with Gasteiger partial charge in [-0.05, 0) is 43.4 Å². The molecule has 0 spiro atoms. The second kappa shape index (κ2) is 8.53. The number of nitrogens with zero attached hydrogens (tertiary/aromatic N) is 1. The highest BCUT2D eigenvalue weighted by Gasteiger charge is 2.17. The molecule has 3 nitrogen and oxygen atoms in total. The van der Waals surface area contributed by atoms with Crippen LogP contribution in [0.5, 0.6) is 0 Å². The zero-order valence-corrected chi connectivity index (χ0v) is 16.1. The highest BCUT2D eigenvalue weighted by atomic mass is 16.5. The predicted molar refractivity (Wildman–Crippen MR) is 110 cm³/mol. The quantitative estimate of drug-likeness (QED) is 0.587. The van der Waals surface area contributed by atoms with E-state index >= 15 is 0 Å². The number of aromatic nitrogens is 1. The molecule has 1 aliphatic rings. The van der Waals surface area contributed by atoms with Crippen molar-refractivity contribution < 1.29 is 4.52 Å². The Morgan fingerprint density at radius 3 is 2.30 bits per heavy atom. The molecule has 2 aromatic carbocycles. The number of nitrogens with one attached hydrogen (secondary N) is 1. The Hall–Kier alpha value is -2.39. The van der Waals surface area contributed by atoms with Gasteiger partial charge in [0.25, 0.3) is 0 Å². The summed E-state index contributed by atoms with van der Waals surface area (Å²) in [7, 11) is 0. The maximum Gasteiger partial charge on any atom is 0.171 e. The summed E-state index contributed by atoms with van der Waals surface area (Å²) in [5.41, 5.74) is 5.69. The normalized spacial score (nSPS) is 15.1.